The number of halogens is 1. The second-order valence-electron chi connectivity index (χ2n) is 5.52. The van der Waals surface area contributed by atoms with E-state index in [2.05, 4.69) is 70.1 Å². The fourth-order valence-electron chi connectivity index (χ4n) is 2.79. The maximum atomic E-state index is 3.59. The van der Waals surface area contributed by atoms with Crippen LogP contribution >= 0.6 is 15.9 Å². The van der Waals surface area contributed by atoms with Crippen LogP contribution < -0.4 is 10.2 Å². The van der Waals surface area contributed by atoms with E-state index in [1.54, 1.807) is 0 Å². The third-order valence-electron chi connectivity index (χ3n) is 4.03. The SMILES string of the molecule is CNC(C)c1cc(Br)ccc1N1CCN(C)CC1C. The van der Waals surface area contributed by atoms with Gasteiger partial charge in [-0.1, -0.05) is 15.9 Å². The predicted molar refractivity (Wildman–Crippen MR) is 85.9 cm³/mol. The molecular weight excluding hydrogens is 302 g/mol. The van der Waals surface area contributed by atoms with Gasteiger partial charge in [0.15, 0.2) is 0 Å². The highest BCUT2D eigenvalue weighted by molar-refractivity contribution is 9.10. The molecule has 0 aliphatic carbocycles. The molecule has 2 unspecified atom stereocenters. The molecule has 1 fully saturated rings. The first-order chi connectivity index (χ1) is 9.02. The summed E-state index contributed by atoms with van der Waals surface area (Å²) >= 11 is 3.59. The summed E-state index contributed by atoms with van der Waals surface area (Å²) in [6.07, 6.45) is 0. The summed E-state index contributed by atoms with van der Waals surface area (Å²) in [7, 11) is 4.22. The first-order valence-corrected chi connectivity index (χ1v) is 7.74. The number of hydrogen-bond acceptors (Lipinski definition) is 3. The van der Waals surface area contributed by atoms with Crippen LogP contribution in [-0.2, 0) is 0 Å². The molecule has 1 aromatic rings. The van der Waals surface area contributed by atoms with E-state index in [1.165, 1.54) is 11.3 Å². The van der Waals surface area contributed by atoms with E-state index in [1.807, 2.05) is 7.05 Å². The van der Waals surface area contributed by atoms with Crippen molar-refractivity contribution in [2.75, 3.05) is 38.6 Å². The molecule has 19 heavy (non-hydrogen) atoms. The maximum Gasteiger partial charge on any atom is 0.0418 e. The van der Waals surface area contributed by atoms with E-state index < -0.39 is 0 Å². The standard InChI is InChI=1S/C15H24BrN3/c1-11-10-18(4)7-8-19(11)15-6-5-13(16)9-14(15)12(2)17-3/h5-6,9,11-12,17H,7-8,10H2,1-4H3. The Kier molecular flexibility index (Phi) is 4.87. The van der Waals surface area contributed by atoms with Crippen molar-refractivity contribution >= 4 is 21.6 Å². The highest BCUT2D eigenvalue weighted by atomic mass is 79.9. The van der Waals surface area contributed by atoms with Gasteiger partial charge in [-0.05, 0) is 51.7 Å². The van der Waals surface area contributed by atoms with E-state index in [0.717, 1.165) is 24.1 Å². The zero-order valence-electron chi connectivity index (χ0n) is 12.3. The predicted octanol–water partition coefficient (Wildman–Crippen LogP) is 2.87. The van der Waals surface area contributed by atoms with Gasteiger partial charge in [-0.3, -0.25) is 0 Å². The molecular formula is C15H24BrN3. The van der Waals surface area contributed by atoms with E-state index in [-0.39, 0.29) is 0 Å². The first-order valence-electron chi connectivity index (χ1n) is 6.95. The number of anilines is 1. The van der Waals surface area contributed by atoms with Gasteiger partial charge in [0.1, 0.15) is 0 Å². The van der Waals surface area contributed by atoms with E-state index >= 15 is 0 Å². The average Bonchev–Trinajstić information content (AvgIpc) is 2.38. The van der Waals surface area contributed by atoms with E-state index in [4.69, 9.17) is 0 Å². The summed E-state index contributed by atoms with van der Waals surface area (Å²) in [5, 5.41) is 3.35. The van der Waals surface area contributed by atoms with Crippen molar-refractivity contribution in [2.24, 2.45) is 0 Å². The van der Waals surface area contributed by atoms with Crippen molar-refractivity contribution in [3.8, 4) is 0 Å². The molecule has 1 heterocycles. The molecule has 3 nitrogen and oxygen atoms in total. The van der Waals surface area contributed by atoms with Crippen molar-refractivity contribution in [3.05, 3.63) is 28.2 Å². The van der Waals surface area contributed by atoms with Crippen molar-refractivity contribution in [1.82, 2.24) is 10.2 Å². The van der Waals surface area contributed by atoms with Crippen molar-refractivity contribution in [2.45, 2.75) is 25.9 Å². The summed E-state index contributed by atoms with van der Waals surface area (Å²) in [6.45, 7) is 7.89. The Morgan fingerprint density at radius 1 is 1.37 bits per heavy atom. The summed E-state index contributed by atoms with van der Waals surface area (Å²) in [5.41, 5.74) is 2.74. The molecule has 4 heteroatoms. The lowest BCUT2D eigenvalue weighted by atomic mass is 10.0. The smallest absolute Gasteiger partial charge is 0.0418 e. The molecule has 0 radical (unpaired) electrons. The monoisotopic (exact) mass is 325 g/mol. The third-order valence-corrected chi connectivity index (χ3v) is 4.52. The lowest BCUT2D eigenvalue weighted by molar-refractivity contribution is 0.275. The second-order valence-corrected chi connectivity index (χ2v) is 6.43. The maximum absolute atomic E-state index is 3.59. The summed E-state index contributed by atoms with van der Waals surface area (Å²) in [6, 6.07) is 7.55. The van der Waals surface area contributed by atoms with Gasteiger partial charge in [-0.15, -0.1) is 0 Å². The number of benzene rings is 1. The lowest BCUT2D eigenvalue weighted by Gasteiger charge is -2.41. The molecule has 1 saturated heterocycles. The third kappa shape index (κ3) is 3.30. The zero-order chi connectivity index (χ0) is 14.0. The Morgan fingerprint density at radius 3 is 2.74 bits per heavy atom. The Bertz CT molecular complexity index is 435. The van der Waals surface area contributed by atoms with Gasteiger partial charge in [0.05, 0.1) is 0 Å². The number of nitrogens with one attached hydrogen (secondary N) is 1. The number of nitrogens with zero attached hydrogens (tertiary/aromatic N) is 2. The molecule has 0 saturated carbocycles. The molecule has 1 aliphatic rings. The van der Waals surface area contributed by atoms with E-state index in [0.29, 0.717) is 12.1 Å². The minimum absolute atomic E-state index is 0.361. The van der Waals surface area contributed by atoms with Crippen LogP contribution in [-0.4, -0.2) is 44.7 Å². The van der Waals surface area contributed by atoms with Crippen LogP contribution in [0.5, 0.6) is 0 Å². The fourth-order valence-corrected chi connectivity index (χ4v) is 3.17. The lowest BCUT2D eigenvalue weighted by Crippen LogP contribution is -2.51. The quantitative estimate of drug-likeness (QED) is 0.921. The molecule has 1 aromatic carbocycles. The number of rotatable bonds is 3. The Balaban J connectivity index is 2.33. The van der Waals surface area contributed by atoms with Gasteiger partial charge >= 0.3 is 0 Å². The highest BCUT2D eigenvalue weighted by Gasteiger charge is 2.24. The highest BCUT2D eigenvalue weighted by Crippen LogP contribution is 2.31. The van der Waals surface area contributed by atoms with Gasteiger partial charge < -0.3 is 15.1 Å². The van der Waals surface area contributed by atoms with Crippen LogP contribution in [0.4, 0.5) is 5.69 Å². The molecule has 0 aromatic heterocycles. The van der Waals surface area contributed by atoms with Crippen LogP contribution in [0, 0.1) is 0 Å². The van der Waals surface area contributed by atoms with Crippen molar-refractivity contribution in [1.29, 1.82) is 0 Å². The largest absolute Gasteiger partial charge is 0.366 e. The van der Waals surface area contributed by atoms with Crippen LogP contribution in [0.2, 0.25) is 0 Å². The number of likely N-dealkylation sites (N-methyl/N-ethyl adjacent to an activating group) is 1. The molecule has 0 spiro atoms. The molecule has 0 bridgehead atoms. The van der Waals surface area contributed by atoms with Crippen molar-refractivity contribution < 1.29 is 0 Å². The molecule has 1 N–H and O–H groups in total. The van der Waals surface area contributed by atoms with Crippen LogP contribution in [0.15, 0.2) is 22.7 Å². The van der Waals surface area contributed by atoms with Crippen molar-refractivity contribution in [3.63, 3.8) is 0 Å². The number of hydrogen-bond donors (Lipinski definition) is 1. The average molecular weight is 326 g/mol. The van der Waals surface area contributed by atoms with Crippen LogP contribution in [0.1, 0.15) is 25.5 Å². The molecule has 0 amide bonds. The summed E-state index contributed by atoms with van der Waals surface area (Å²) < 4.78 is 1.15. The topological polar surface area (TPSA) is 18.5 Å². The molecule has 1 aliphatic heterocycles. The fraction of sp³-hybridized carbons (Fsp3) is 0.600. The normalized spacial score (nSPS) is 22.6. The number of piperazine rings is 1. The summed E-state index contributed by atoms with van der Waals surface area (Å²) in [4.78, 5) is 4.94. The Morgan fingerprint density at radius 2 is 2.11 bits per heavy atom. The van der Waals surface area contributed by atoms with Gasteiger partial charge in [-0.25, -0.2) is 0 Å². The zero-order valence-corrected chi connectivity index (χ0v) is 13.9. The van der Waals surface area contributed by atoms with Gasteiger partial charge in [0.2, 0.25) is 0 Å². The second kappa shape index (κ2) is 6.25. The molecule has 2 atom stereocenters. The van der Waals surface area contributed by atoms with Crippen LogP contribution in [0.3, 0.4) is 0 Å². The minimum Gasteiger partial charge on any atom is -0.366 e. The van der Waals surface area contributed by atoms with E-state index in [9.17, 15) is 0 Å². The summed E-state index contributed by atoms with van der Waals surface area (Å²) in [5.74, 6) is 0. The van der Waals surface area contributed by atoms with Gasteiger partial charge in [0.25, 0.3) is 0 Å². The Labute approximate surface area is 125 Å². The first kappa shape index (κ1) is 14.8. The molecule has 2 rings (SSSR count). The molecule has 106 valence electrons. The minimum atomic E-state index is 0.361. The van der Waals surface area contributed by atoms with Crippen LogP contribution in [0.25, 0.3) is 0 Å². The Hall–Kier alpha value is -0.580. The van der Waals surface area contributed by atoms with Gasteiger partial charge in [-0.2, -0.15) is 0 Å². The van der Waals surface area contributed by atoms with Gasteiger partial charge in [0, 0.05) is 41.9 Å².